The number of amides is 1. The van der Waals surface area contributed by atoms with E-state index in [1.807, 2.05) is 25.1 Å². The molecule has 136 valence electrons. The SMILES string of the molecule is Cc1cccc(Nc2nnc(S[C@H](C)C(=O)NCc3ccco3)s2)c1C. The van der Waals surface area contributed by atoms with E-state index in [-0.39, 0.29) is 11.2 Å². The van der Waals surface area contributed by atoms with Crippen LogP contribution in [0.5, 0.6) is 0 Å². The molecule has 0 spiro atoms. The average Bonchev–Trinajstić information content (AvgIpc) is 3.29. The third-order valence-corrected chi connectivity index (χ3v) is 5.94. The van der Waals surface area contributed by atoms with Gasteiger partial charge in [0.2, 0.25) is 11.0 Å². The van der Waals surface area contributed by atoms with E-state index in [0.717, 1.165) is 15.8 Å². The van der Waals surface area contributed by atoms with Crippen molar-refractivity contribution >= 4 is 39.8 Å². The summed E-state index contributed by atoms with van der Waals surface area (Å²) >= 11 is 2.82. The Balaban J connectivity index is 1.55. The van der Waals surface area contributed by atoms with Crippen molar-refractivity contribution in [3.63, 3.8) is 0 Å². The Kier molecular flexibility index (Phi) is 5.95. The van der Waals surface area contributed by atoms with Gasteiger partial charge in [-0.3, -0.25) is 4.79 Å². The van der Waals surface area contributed by atoms with Gasteiger partial charge in [0.15, 0.2) is 4.34 Å². The number of aryl methyl sites for hydroxylation is 1. The third kappa shape index (κ3) is 4.64. The number of furan rings is 1. The summed E-state index contributed by atoms with van der Waals surface area (Å²) in [5.41, 5.74) is 3.42. The summed E-state index contributed by atoms with van der Waals surface area (Å²) < 4.78 is 5.96. The number of hydrogen-bond acceptors (Lipinski definition) is 7. The molecule has 0 saturated carbocycles. The van der Waals surface area contributed by atoms with Crippen LogP contribution in [-0.4, -0.2) is 21.4 Å². The Labute approximate surface area is 160 Å². The lowest BCUT2D eigenvalue weighted by atomic mass is 10.1. The number of nitrogens with one attached hydrogen (secondary N) is 2. The molecule has 6 nitrogen and oxygen atoms in total. The van der Waals surface area contributed by atoms with Gasteiger partial charge in [-0.15, -0.1) is 10.2 Å². The highest BCUT2D eigenvalue weighted by Crippen LogP contribution is 2.31. The molecule has 0 bridgehead atoms. The van der Waals surface area contributed by atoms with Gasteiger partial charge >= 0.3 is 0 Å². The van der Waals surface area contributed by atoms with Crippen molar-refractivity contribution in [2.45, 2.75) is 36.9 Å². The number of hydrogen-bond donors (Lipinski definition) is 2. The second-order valence-corrected chi connectivity index (χ2v) is 8.37. The second kappa shape index (κ2) is 8.37. The summed E-state index contributed by atoms with van der Waals surface area (Å²) in [7, 11) is 0. The molecule has 2 heterocycles. The Morgan fingerprint density at radius 1 is 1.27 bits per heavy atom. The molecule has 0 aliphatic heterocycles. The van der Waals surface area contributed by atoms with Crippen molar-refractivity contribution in [1.82, 2.24) is 15.5 Å². The van der Waals surface area contributed by atoms with Crippen molar-refractivity contribution < 1.29 is 9.21 Å². The lowest BCUT2D eigenvalue weighted by Gasteiger charge is -2.09. The Morgan fingerprint density at radius 2 is 2.12 bits per heavy atom. The van der Waals surface area contributed by atoms with Crippen LogP contribution in [-0.2, 0) is 11.3 Å². The molecule has 0 unspecified atom stereocenters. The van der Waals surface area contributed by atoms with E-state index in [4.69, 9.17) is 4.42 Å². The average molecular weight is 389 g/mol. The van der Waals surface area contributed by atoms with E-state index >= 15 is 0 Å². The smallest absolute Gasteiger partial charge is 0.233 e. The number of carbonyl (C=O) groups excluding carboxylic acids is 1. The van der Waals surface area contributed by atoms with Gasteiger partial charge < -0.3 is 15.1 Å². The minimum Gasteiger partial charge on any atom is -0.467 e. The van der Waals surface area contributed by atoms with Gasteiger partial charge in [0, 0.05) is 5.69 Å². The molecule has 3 aromatic rings. The molecule has 26 heavy (non-hydrogen) atoms. The summed E-state index contributed by atoms with van der Waals surface area (Å²) in [4.78, 5) is 12.2. The summed E-state index contributed by atoms with van der Waals surface area (Å²) in [5.74, 6) is 0.664. The molecular weight excluding hydrogens is 368 g/mol. The van der Waals surface area contributed by atoms with Crippen LogP contribution in [0, 0.1) is 13.8 Å². The van der Waals surface area contributed by atoms with Crippen LogP contribution in [0.25, 0.3) is 0 Å². The number of benzene rings is 1. The number of aromatic nitrogens is 2. The topological polar surface area (TPSA) is 80.0 Å². The van der Waals surface area contributed by atoms with Crippen molar-refractivity contribution in [2.24, 2.45) is 0 Å². The number of rotatable bonds is 7. The van der Waals surface area contributed by atoms with Gasteiger partial charge in [-0.2, -0.15) is 0 Å². The minimum atomic E-state index is -0.272. The Morgan fingerprint density at radius 3 is 2.88 bits per heavy atom. The first-order chi connectivity index (χ1) is 12.5. The quantitative estimate of drug-likeness (QED) is 0.588. The van der Waals surface area contributed by atoms with E-state index in [2.05, 4.69) is 40.7 Å². The van der Waals surface area contributed by atoms with Crippen molar-refractivity contribution in [1.29, 1.82) is 0 Å². The van der Waals surface area contributed by atoms with Crippen LogP contribution in [0.3, 0.4) is 0 Å². The van der Waals surface area contributed by atoms with Crippen LogP contribution >= 0.6 is 23.1 Å². The monoisotopic (exact) mass is 388 g/mol. The van der Waals surface area contributed by atoms with Crippen molar-refractivity contribution in [2.75, 3.05) is 5.32 Å². The van der Waals surface area contributed by atoms with Crippen LogP contribution in [0.15, 0.2) is 45.4 Å². The first-order valence-corrected chi connectivity index (χ1v) is 9.86. The fourth-order valence-corrected chi connectivity index (χ4v) is 4.18. The highest BCUT2D eigenvalue weighted by atomic mass is 32.2. The lowest BCUT2D eigenvalue weighted by molar-refractivity contribution is -0.120. The van der Waals surface area contributed by atoms with Gasteiger partial charge in [-0.05, 0) is 50.1 Å². The molecule has 1 atom stereocenters. The predicted octanol–water partition coefficient (Wildman–Crippen LogP) is 4.29. The largest absolute Gasteiger partial charge is 0.467 e. The zero-order valence-corrected chi connectivity index (χ0v) is 16.4. The van der Waals surface area contributed by atoms with Crippen molar-refractivity contribution in [3.8, 4) is 0 Å². The third-order valence-electron chi connectivity index (χ3n) is 3.92. The van der Waals surface area contributed by atoms with Gasteiger partial charge in [0.05, 0.1) is 18.1 Å². The molecule has 2 aromatic heterocycles. The van der Waals surface area contributed by atoms with E-state index in [0.29, 0.717) is 11.7 Å². The first-order valence-electron chi connectivity index (χ1n) is 8.16. The Hall–Kier alpha value is -2.32. The maximum Gasteiger partial charge on any atom is 0.233 e. The van der Waals surface area contributed by atoms with Gasteiger partial charge in [-0.25, -0.2) is 0 Å². The molecule has 0 saturated heterocycles. The highest BCUT2D eigenvalue weighted by Gasteiger charge is 2.17. The van der Waals surface area contributed by atoms with Gasteiger partial charge in [0.25, 0.3) is 0 Å². The molecule has 0 aliphatic carbocycles. The number of thioether (sulfide) groups is 1. The number of anilines is 2. The van der Waals surface area contributed by atoms with Crippen molar-refractivity contribution in [3.05, 3.63) is 53.5 Å². The molecule has 0 radical (unpaired) electrons. The normalized spacial score (nSPS) is 12.0. The number of carbonyl (C=O) groups is 1. The molecule has 0 fully saturated rings. The van der Waals surface area contributed by atoms with Gasteiger partial charge in [-0.1, -0.05) is 35.2 Å². The molecule has 0 aliphatic rings. The molecule has 3 rings (SSSR count). The zero-order chi connectivity index (χ0) is 18.5. The molecule has 1 amide bonds. The van der Waals surface area contributed by atoms with Gasteiger partial charge in [0.1, 0.15) is 5.76 Å². The second-order valence-electron chi connectivity index (χ2n) is 5.80. The van der Waals surface area contributed by atoms with Crippen LogP contribution < -0.4 is 10.6 Å². The van der Waals surface area contributed by atoms with E-state index < -0.39 is 0 Å². The zero-order valence-electron chi connectivity index (χ0n) is 14.8. The summed E-state index contributed by atoms with van der Waals surface area (Å²) in [6.45, 7) is 6.37. The molecule has 2 N–H and O–H groups in total. The maximum absolute atomic E-state index is 12.2. The maximum atomic E-state index is 12.2. The summed E-state index contributed by atoms with van der Waals surface area (Å²) in [5, 5.41) is 14.9. The van der Waals surface area contributed by atoms with Crippen LogP contribution in [0.4, 0.5) is 10.8 Å². The fraction of sp³-hybridized carbons (Fsp3) is 0.278. The number of nitrogens with zero attached hydrogens (tertiary/aromatic N) is 2. The summed E-state index contributed by atoms with van der Waals surface area (Å²) in [6.07, 6.45) is 1.59. The molecule has 8 heteroatoms. The van der Waals surface area contributed by atoms with Crippen LogP contribution in [0.1, 0.15) is 23.8 Å². The lowest BCUT2D eigenvalue weighted by Crippen LogP contribution is -2.30. The minimum absolute atomic E-state index is 0.0642. The Bertz CT molecular complexity index is 877. The molecule has 1 aromatic carbocycles. The fourth-order valence-electron chi connectivity index (χ4n) is 2.25. The van der Waals surface area contributed by atoms with E-state index in [1.54, 1.807) is 12.3 Å². The molecular formula is C18H20N4O2S2. The highest BCUT2D eigenvalue weighted by molar-refractivity contribution is 8.02. The predicted molar refractivity (Wildman–Crippen MR) is 105 cm³/mol. The van der Waals surface area contributed by atoms with E-state index in [1.165, 1.54) is 34.2 Å². The first kappa shape index (κ1) is 18.5. The summed E-state index contributed by atoms with van der Waals surface area (Å²) in [6, 6.07) is 9.72. The van der Waals surface area contributed by atoms with Crippen LogP contribution in [0.2, 0.25) is 0 Å². The standard InChI is InChI=1S/C18H20N4O2S2/c1-11-6-4-8-15(12(11)2)20-17-21-22-18(26-17)25-13(3)16(23)19-10-14-7-5-9-24-14/h4-9,13H,10H2,1-3H3,(H,19,23)(H,20,21)/t13-/m1/s1. The van der Waals surface area contributed by atoms with E-state index in [9.17, 15) is 4.79 Å².